The number of carbonyl (C=O) groups is 3. The molecule has 0 aromatic heterocycles. The summed E-state index contributed by atoms with van der Waals surface area (Å²) in [5.41, 5.74) is 0.545. The molecular weight excluding hydrogens is 560 g/mol. The molecule has 1 aliphatic heterocycles. The SMILES string of the molecule is CCOc1cc(/C=C2\SC(=O)N(CCOc3cccc4ccccc34)C2=O)ccc1OC(=O)c1ccc([N+](=O)[O-])cc1. The summed E-state index contributed by atoms with van der Waals surface area (Å²) in [5.74, 6) is -0.0858. The molecule has 4 aromatic rings. The van der Waals surface area contributed by atoms with Gasteiger partial charge in [0.05, 0.1) is 28.5 Å². The van der Waals surface area contributed by atoms with Crippen LogP contribution in [0, 0.1) is 10.1 Å². The molecule has 0 bridgehead atoms. The second-order valence-corrected chi connectivity index (χ2v) is 9.98. The first-order chi connectivity index (χ1) is 20.3. The lowest BCUT2D eigenvalue weighted by molar-refractivity contribution is -0.384. The van der Waals surface area contributed by atoms with Crippen LogP contribution in [0.2, 0.25) is 0 Å². The van der Waals surface area contributed by atoms with Crippen molar-refractivity contribution in [3.05, 3.63) is 111 Å². The van der Waals surface area contributed by atoms with Crippen molar-refractivity contribution in [1.82, 2.24) is 4.90 Å². The summed E-state index contributed by atoms with van der Waals surface area (Å²) < 4.78 is 17.0. The van der Waals surface area contributed by atoms with Gasteiger partial charge >= 0.3 is 5.97 Å². The molecule has 10 nitrogen and oxygen atoms in total. The number of benzene rings is 4. The van der Waals surface area contributed by atoms with Crippen LogP contribution in [-0.4, -0.2) is 46.7 Å². The van der Waals surface area contributed by atoms with E-state index in [1.165, 1.54) is 30.3 Å². The van der Waals surface area contributed by atoms with Gasteiger partial charge in [-0.05, 0) is 66.0 Å². The normalized spacial score (nSPS) is 13.9. The third kappa shape index (κ3) is 6.26. The maximum absolute atomic E-state index is 13.0. The smallest absolute Gasteiger partial charge is 0.343 e. The Balaban J connectivity index is 1.26. The number of thioether (sulfide) groups is 1. The second-order valence-electron chi connectivity index (χ2n) is 8.99. The molecule has 4 aromatic carbocycles. The van der Waals surface area contributed by atoms with E-state index in [4.69, 9.17) is 14.2 Å². The topological polar surface area (TPSA) is 125 Å². The van der Waals surface area contributed by atoms with Crippen LogP contribution in [0.1, 0.15) is 22.8 Å². The largest absolute Gasteiger partial charge is 0.491 e. The number of ether oxygens (including phenoxy) is 3. The van der Waals surface area contributed by atoms with Gasteiger partial charge in [0, 0.05) is 17.5 Å². The van der Waals surface area contributed by atoms with E-state index in [0.717, 1.165) is 27.4 Å². The number of fused-ring (bicyclic) bond motifs is 1. The fraction of sp³-hybridized carbons (Fsp3) is 0.129. The molecule has 1 saturated heterocycles. The highest BCUT2D eigenvalue weighted by molar-refractivity contribution is 8.18. The minimum atomic E-state index is -0.717. The summed E-state index contributed by atoms with van der Waals surface area (Å²) >= 11 is 0.829. The summed E-state index contributed by atoms with van der Waals surface area (Å²) in [7, 11) is 0. The molecule has 5 rings (SSSR count). The van der Waals surface area contributed by atoms with E-state index in [1.54, 1.807) is 25.1 Å². The number of nitro benzene ring substituents is 1. The molecule has 11 heteroatoms. The number of hydrogen-bond donors (Lipinski definition) is 0. The number of non-ortho nitro benzene ring substituents is 1. The van der Waals surface area contributed by atoms with E-state index in [9.17, 15) is 24.5 Å². The van der Waals surface area contributed by atoms with Crippen LogP contribution in [0.15, 0.2) is 89.8 Å². The number of nitro groups is 1. The second kappa shape index (κ2) is 12.6. The first-order valence-electron chi connectivity index (χ1n) is 12.9. The Bertz CT molecular complexity index is 1710. The average Bonchev–Trinajstić information content (AvgIpc) is 3.26. The zero-order valence-corrected chi connectivity index (χ0v) is 23.2. The van der Waals surface area contributed by atoms with Crippen LogP contribution < -0.4 is 14.2 Å². The van der Waals surface area contributed by atoms with Gasteiger partial charge in [0.1, 0.15) is 12.4 Å². The fourth-order valence-electron chi connectivity index (χ4n) is 4.26. The highest BCUT2D eigenvalue weighted by atomic mass is 32.2. The van der Waals surface area contributed by atoms with Crippen LogP contribution in [0.4, 0.5) is 10.5 Å². The molecule has 0 spiro atoms. The van der Waals surface area contributed by atoms with Crippen LogP contribution in [0.25, 0.3) is 16.8 Å². The van der Waals surface area contributed by atoms with Crippen molar-refractivity contribution in [3.63, 3.8) is 0 Å². The monoisotopic (exact) mass is 584 g/mol. The Morgan fingerprint density at radius 1 is 0.929 bits per heavy atom. The molecule has 0 aliphatic carbocycles. The van der Waals surface area contributed by atoms with Gasteiger partial charge in [-0.25, -0.2) is 4.79 Å². The van der Waals surface area contributed by atoms with Gasteiger partial charge in [-0.3, -0.25) is 24.6 Å². The zero-order chi connectivity index (χ0) is 29.6. The number of amides is 2. The highest BCUT2D eigenvalue weighted by Gasteiger charge is 2.35. The van der Waals surface area contributed by atoms with E-state index >= 15 is 0 Å². The Morgan fingerprint density at radius 3 is 2.45 bits per heavy atom. The molecule has 1 fully saturated rings. The lowest BCUT2D eigenvalue weighted by Gasteiger charge is -2.14. The van der Waals surface area contributed by atoms with Crippen molar-refractivity contribution >= 4 is 51.4 Å². The Hall–Kier alpha value is -5.16. The van der Waals surface area contributed by atoms with Gasteiger partial charge in [0.15, 0.2) is 11.5 Å². The van der Waals surface area contributed by atoms with Crippen molar-refractivity contribution in [3.8, 4) is 17.2 Å². The number of imide groups is 1. The number of rotatable bonds is 10. The minimum absolute atomic E-state index is 0.0902. The quantitative estimate of drug-likeness (QED) is 0.0677. The molecule has 0 N–H and O–H groups in total. The molecule has 0 saturated carbocycles. The van der Waals surface area contributed by atoms with Crippen molar-refractivity contribution in [2.45, 2.75) is 6.92 Å². The van der Waals surface area contributed by atoms with Crippen LogP contribution in [0.5, 0.6) is 17.2 Å². The Kier molecular flexibility index (Phi) is 8.49. The van der Waals surface area contributed by atoms with Gasteiger partial charge in [-0.2, -0.15) is 0 Å². The van der Waals surface area contributed by atoms with Crippen LogP contribution in [-0.2, 0) is 4.79 Å². The van der Waals surface area contributed by atoms with Crippen LogP contribution in [0.3, 0.4) is 0 Å². The molecule has 0 radical (unpaired) electrons. The van der Waals surface area contributed by atoms with Gasteiger partial charge in [-0.1, -0.05) is 42.5 Å². The predicted octanol–water partition coefficient (Wildman–Crippen LogP) is 6.48. The molecule has 1 aliphatic rings. The molecule has 1 heterocycles. The van der Waals surface area contributed by atoms with Gasteiger partial charge in [0.25, 0.3) is 16.8 Å². The summed E-state index contributed by atoms with van der Waals surface area (Å²) in [5, 5.41) is 12.4. The molecule has 2 amide bonds. The number of carbonyl (C=O) groups excluding carboxylic acids is 3. The lowest BCUT2D eigenvalue weighted by atomic mass is 10.1. The maximum Gasteiger partial charge on any atom is 0.343 e. The number of nitrogens with zero attached hydrogens (tertiary/aromatic N) is 2. The van der Waals surface area contributed by atoms with E-state index in [0.29, 0.717) is 11.3 Å². The van der Waals surface area contributed by atoms with Crippen molar-refractivity contribution < 1.29 is 33.5 Å². The molecule has 42 heavy (non-hydrogen) atoms. The minimum Gasteiger partial charge on any atom is -0.491 e. The third-order valence-electron chi connectivity index (χ3n) is 6.28. The first-order valence-corrected chi connectivity index (χ1v) is 13.7. The lowest BCUT2D eigenvalue weighted by Crippen LogP contribution is -2.32. The fourth-order valence-corrected chi connectivity index (χ4v) is 5.12. The third-order valence-corrected chi connectivity index (χ3v) is 7.18. The van der Waals surface area contributed by atoms with E-state index < -0.39 is 22.0 Å². The summed E-state index contributed by atoms with van der Waals surface area (Å²) in [4.78, 5) is 50.0. The van der Waals surface area contributed by atoms with Crippen molar-refractivity contribution in [1.29, 1.82) is 0 Å². The van der Waals surface area contributed by atoms with E-state index in [-0.39, 0.29) is 47.4 Å². The van der Waals surface area contributed by atoms with Gasteiger partial charge in [0.2, 0.25) is 0 Å². The molecular formula is C31H24N2O8S. The number of esters is 1. The Labute approximate surface area is 244 Å². The summed E-state index contributed by atoms with van der Waals surface area (Å²) in [6.45, 7) is 2.27. The molecule has 212 valence electrons. The standard InChI is InChI=1S/C31H24N2O8S/c1-2-39-27-18-20(10-15-26(27)41-30(35)22-11-13-23(14-12-22)33(37)38)19-28-29(34)32(31(36)42-28)16-17-40-25-9-5-7-21-6-3-4-8-24(21)25/h3-15,18-19H,2,16-17H2,1H3/b28-19-. The first kappa shape index (κ1) is 28.4. The zero-order valence-electron chi connectivity index (χ0n) is 22.4. The average molecular weight is 585 g/mol. The van der Waals surface area contributed by atoms with Gasteiger partial charge < -0.3 is 14.2 Å². The summed E-state index contributed by atoms with van der Waals surface area (Å²) in [6.07, 6.45) is 1.57. The summed E-state index contributed by atoms with van der Waals surface area (Å²) in [6, 6.07) is 23.3. The van der Waals surface area contributed by atoms with E-state index in [2.05, 4.69) is 0 Å². The van der Waals surface area contributed by atoms with E-state index in [1.807, 2.05) is 42.5 Å². The van der Waals surface area contributed by atoms with Crippen molar-refractivity contribution in [2.24, 2.45) is 0 Å². The van der Waals surface area contributed by atoms with Crippen molar-refractivity contribution in [2.75, 3.05) is 19.8 Å². The predicted molar refractivity (Wildman–Crippen MR) is 158 cm³/mol. The Morgan fingerprint density at radius 2 is 1.69 bits per heavy atom. The molecule has 0 unspecified atom stereocenters. The van der Waals surface area contributed by atoms with Crippen LogP contribution >= 0.6 is 11.8 Å². The highest BCUT2D eigenvalue weighted by Crippen LogP contribution is 2.35. The maximum atomic E-state index is 13.0. The number of hydrogen-bond acceptors (Lipinski definition) is 9. The molecule has 0 atom stereocenters. The van der Waals surface area contributed by atoms with Gasteiger partial charge in [-0.15, -0.1) is 0 Å².